The summed E-state index contributed by atoms with van der Waals surface area (Å²) in [6, 6.07) is 0. The van der Waals surface area contributed by atoms with E-state index >= 15 is 0 Å². The van der Waals surface area contributed by atoms with E-state index in [0.717, 1.165) is 49.6 Å². The van der Waals surface area contributed by atoms with Crippen LogP contribution in [0.2, 0.25) is 0 Å². The minimum atomic E-state index is 0.0944. The van der Waals surface area contributed by atoms with Gasteiger partial charge in [0.2, 0.25) is 0 Å². The largest absolute Gasteiger partial charge is 0.326 e. The fourth-order valence-electron chi connectivity index (χ4n) is 1.24. The van der Waals surface area contributed by atoms with Gasteiger partial charge >= 0.3 is 4.87 Å². The molecule has 0 atom stereocenters. The van der Waals surface area contributed by atoms with Crippen LogP contribution in [0, 0.1) is 0 Å². The van der Waals surface area contributed by atoms with E-state index in [4.69, 9.17) is 0 Å². The van der Waals surface area contributed by atoms with Gasteiger partial charge in [-0.25, -0.2) is 0 Å². The summed E-state index contributed by atoms with van der Waals surface area (Å²) in [5.41, 5.74) is 0. The molecule has 1 heterocycles. The van der Waals surface area contributed by atoms with Crippen molar-refractivity contribution in [3.8, 4) is 0 Å². The summed E-state index contributed by atoms with van der Waals surface area (Å²) in [6.07, 6.45) is 4.15. The number of aryl methyl sites for hydroxylation is 1. The fourth-order valence-corrected chi connectivity index (χ4v) is 1.90. The molecule has 3 nitrogen and oxygen atoms in total. The quantitative estimate of drug-likeness (QED) is 0.729. The molecule has 0 amide bonds. The molecule has 0 aliphatic carbocycles. The van der Waals surface area contributed by atoms with Gasteiger partial charge in [0.05, 0.1) is 0 Å². The third-order valence-corrected chi connectivity index (χ3v) is 2.65. The van der Waals surface area contributed by atoms with Crippen LogP contribution in [0.15, 0.2) is 4.79 Å². The number of hydrogen-bond acceptors (Lipinski definition) is 3. The summed E-state index contributed by atoms with van der Waals surface area (Å²) >= 11 is 1.08. The van der Waals surface area contributed by atoms with Crippen LogP contribution in [-0.2, 0) is 13.0 Å². The third kappa shape index (κ3) is 2.66. The predicted octanol–water partition coefficient (Wildman–Crippen LogP) is 2.06. The maximum absolute atomic E-state index is 11.3. The number of nitrogens with zero attached hydrogens (tertiary/aromatic N) is 2. The molecule has 0 saturated carbocycles. The Morgan fingerprint density at radius 2 is 2.15 bits per heavy atom. The molecule has 1 aromatic rings. The summed E-state index contributed by atoms with van der Waals surface area (Å²) in [5.74, 6) is 0.964. The molecule has 0 saturated heterocycles. The van der Waals surface area contributed by atoms with E-state index in [1.54, 1.807) is 0 Å². The highest BCUT2D eigenvalue weighted by atomic mass is 32.1. The van der Waals surface area contributed by atoms with Gasteiger partial charge in [-0.05, 0) is 12.8 Å². The van der Waals surface area contributed by atoms with Crippen LogP contribution in [-0.4, -0.2) is 8.94 Å². The van der Waals surface area contributed by atoms with Crippen molar-refractivity contribution in [3.05, 3.63) is 15.5 Å². The average Bonchev–Trinajstić information content (AvgIpc) is 2.45. The molecule has 0 spiro atoms. The average molecular weight is 200 g/mol. The van der Waals surface area contributed by atoms with E-state index in [2.05, 4.69) is 18.2 Å². The van der Waals surface area contributed by atoms with Crippen molar-refractivity contribution in [2.24, 2.45) is 0 Å². The Kier molecular flexibility index (Phi) is 4.15. The summed E-state index contributed by atoms with van der Waals surface area (Å²) < 4.78 is 5.97. The van der Waals surface area contributed by atoms with E-state index in [9.17, 15) is 4.79 Å². The minimum Gasteiger partial charge on any atom is -0.286 e. The Labute approximate surface area is 82.6 Å². The van der Waals surface area contributed by atoms with Gasteiger partial charge in [-0.3, -0.25) is 9.36 Å². The highest BCUT2D eigenvalue weighted by Gasteiger charge is 2.06. The summed E-state index contributed by atoms with van der Waals surface area (Å²) in [5, 5.41) is 0. The molecule has 0 aliphatic rings. The first-order valence-corrected chi connectivity index (χ1v) is 5.62. The van der Waals surface area contributed by atoms with Gasteiger partial charge in [0.25, 0.3) is 0 Å². The van der Waals surface area contributed by atoms with Crippen LogP contribution in [0.5, 0.6) is 0 Å². The van der Waals surface area contributed by atoms with E-state index < -0.39 is 0 Å². The van der Waals surface area contributed by atoms with Crippen molar-refractivity contribution in [2.45, 2.75) is 46.1 Å². The third-order valence-electron chi connectivity index (χ3n) is 1.97. The second-order valence-electron chi connectivity index (χ2n) is 3.12. The summed E-state index contributed by atoms with van der Waals surface area (Å²) in [4.78, 5) is 11.4. The molecule has 0 aromatic carbocycles. The Hall–Kier alpha value is -0.640. The first-order valence-electron chi connectivity index (χ1n) is 4.85. The van der Waals surface area contributed by atoms with Crippen molar-refractivity contribution in [3.63, 3.8) is 0 Å². The lowest BCUT2D eigenvalue weighted by Gasteiger charge is -2.02. The molecule has 0 aliphatic heterocycles. The van der Waals surface area contributed by atoms with Crippen LogP contribution in [0.3, 0.4) is 0 Å². The zero-order valence-corrected chi connectivity index (χ0v) is 9.06. The first kappa shape index (κ1) is 10.4. The van der Waals surface area contributed by atoms with Gasteiger partial charge in [0.15, 0.2) is 0 Å². The molecule has 1 aromatic heterocycles. The molecule has 0 N–H and O–H groups in total. The SMILES string of the molecule is CCCCn1c(CCC)nsc1=O. The lowest BCUT2D eigenvalue weighted by atomic mass is 10.3. The smallest absolute Gasteiger partial charge is 0.286 e. The van der Waals surface area contributed by atoms with Gasteiger partial charge in [-0.15, -0.1) is 0 Å². The highest BCUT2D eigenvalue weighted by Crippen LogP contribution is 2.02. The Balaban J connectivity index is 2.75. The second kappa shape index (κ2) is 5.17. The van der Waals surface area contributed by atoms with Gasteiger partial charge in [-0.1, -0.05) is 20.3 Å². The number of unbranched alkanes of at least 4 members (excludes halogenated alkanes) is 1. The predicted molar refractivity (Wildman–Crippen MR) is 55.3 cm³/mol. The van der Waals surface area contributed by atoms with E-state index in [0.29, 0.717) is 0 Å². The molecular weight excluding hydrogens is 184 g/mol. The lowest BCUT2D eigenvalue weighted by molar-refractivity contribution is 0.586. The van der Waals surface area contributed by atoms with Gasteiger partial charge in [0.1, 0.15) is 5.82 Å². The summed E-state index contributed by atoms with van der Waals surface area (Å²) in [6.45, 7) is 5.07. The van der Waals surface area contributed by atoms with Crippen molar-refractivity contribution in [2.75, 3.05) is 0 Å². The minimum absolute atomic E-state index is 0.0944. The van der Waals surface area contributed by atoms with Crippen molar-refractivity contribution >= 4 is 11.5 Å². The number of aromatic nitrogens is 2. The highest BCUT2D eigenvalue weighted by molar-refractivity contribution is 7.02. The standard InChI is InChI=1S/C9H16N2OS/c1-3-5-7-11-8(6-4-2)10-13-9(11)12/h3-7H2,1-2H3. The normalized spacial score (nSPS) is 10.6. The molecule has 1 rings (SSSR count). The first-order chi connectivity index (χ1) is 6.29. The second-order valence-corrected chi connectivity index (χ2v) is 3.83. The van der Waals surface area contributed by atoms with Crippen molar-refractivity contribution < 1.29 is 0 Å². The van der Waals surface area contributed by atoms with Crippen LogP contribution in [0.25, 0.3) is 0 Å². The molecular formula is C9H16N2OS. The molecule has 74 valence electrons. The maximum atomic E-state index is 11.3. The van der Waals surface area contributed by atoms with E-state index in [1.165, 1.54) is 0 Å². The number of hydrogen-bond donors (Lipinski definition) is 0. The van der Waals surface area contributed by atoms with E-state index in [1.807, 2.05) is 4.57 Å². The molecule has 4 heteroatoms. The molecule has 13 heavy (non-hydrogen) atoms. The molecule has 0 unspecified atom stereocenters. The van der Waals surface area contributed by atoms with Gasteiger partial charge < -0.3 is 0 Å². The van der Waals surface area contributed by atoms with Crippen LogP contribution in [0.1, 0.15) is 38.9 Å². The summed E-state index contributed by atoms with van der Waals surface area (Å²) in [7, 11) is 0. The zero-order chi connectivity index (χ0) is 9.68. The zero-order valence-electron chi connectivity index (χ0n) is 8.25. The Morgan fingerprint density at radius 3 is 2.77 bits per heavy atom. The van der Waals surface area contributed by atoms with Crippen LogP contribution < -0.4 is 4.87 Å². The fraction of sp³-hybridized carbons (Fsp3) is 0.778. The monoisotopic (exact) mass is 200 g/mol. The molecule has 0 bridgehead atoms. The van der Waals surface area contributed by atoms with Crippen molar-refractivity contribution in [1.29, 1.82) is 0 Å². The van der Waals surface area contributed by atoms with E-state index in [-0.39, 0.29) is 4.87 Å². The Morgan fingerprint density at radius 1 is 1.38 bits per heavy atom. The van der Waals surface area contributed by atoms with Crippen molar-refractivity contribution in [1.82, 2.24) is 8.94 Å². The maximum Gasteiger partial charge on any atom is 0.326 e. The molecule has 0 fully saturated rings. The van der Waals surface area contributed by atoms with Gasteiger partial charge in [-0.2, -0.15) is 4.37 Å². The topological polar surface area (TPSA) is 34.9 Å². The molecule has 0 radical (unpaired) electrons. The Bertz CT molecular complexity index is 303. The lowest BCUT2D eigenvalue weighted by Crippen LogP contribution is -2.16. The van der Waals surface area contributed by atoms with Crippen LogP contribution >= 0.6 is 11.5 Å². The van der Waals surface area contributed by atoms with Gasteiger partial charge in [0, 0.05) is 24.5 Å². The van der Waals surface area contributed by atoms with Crippen LogP contribution in [0.4, 0.5) is 0 Å². The number of rotatable bonds is 5.